The van der Waals surface area contributed by atoms with Gasteiger partial charge in [-0.05, 0) is 12.8 Å². The van der Waals surface area contributed by atoms with Gasteiger partial charge in [0, 0.05) is 6.21 Å². The van der Waals surface area contributed by atoms with Crippen molar-refractivity contribution in [3.05, 3.63) is 0 Å². The Morgan fingerprint density at radius 2 is 1.91 bits per heavy atom. The van der Waals surface area contributed by atoms with E-state index < -0.39 is 0 Å². The lowest BCUT2D eigenvalue weighted by atomic mass is 10.1. The molecule has 0 unspecified atom stereocenters. The zero-order valence-electron chi connectivity index (χ0n) is 7.25. The monoisotopic (exact) mass is 155 g/mol. The van der Waals surface area contributed by atoms with Gasteiger partial charge in [0.25, 0.3) is 0 Å². The van der Waals surface area contributed by atoms with Crippen molar-refractivity contribution in [3.63, 3.8) is 0 Å². The standard InChI is InChI=1S/C9H17NO/c1-2-3-4-5-6-7-8-10-9-11/h8-9H,2-7H2,1H3. The average molecular weight is 155 g/mol. The van der Waals surface area contributed by atoms with E-state index in [1.54, 1.807) is 6.21 Å². The van der Waals surface area contributed by atoms with Crippen LogP contribution in [0.15, 0.2) is 4.99 Å². The first-order valence-corrected chi connectivity index (χ1v) is 4.37. The third kappa shape index (κ3) is 9.34. The molecule has 0 spiro atoms. The minimum atomic E-state index is 0.589. The molecule has 2 heteroatoms. The Kier molecular flexibility index (Phi) is 8.78. The van der Waals surface area contributed by atoms with E-state index in [-0.39, 0.29) is 0 Å². The first-order chi connectivity index (χ1) is 5.41. The van der Waals surface area contributed by atoms with E-state index in [2.05, 4.69) is 11.9 Å². The highest BCUT2D eigenvalue weighted by Gasteiger charge is 1.85. The Morgan fingerprint density at radius 3 is 2.55 bits per heavy atom. The highest BCUT2D eigenvalue weighted by molar-refractivity contribution is 5.68. The van der Waals surface area contributed by atoms with E-state index in [4.69, 9.17) is 0 Å². The van der Waals surface area contributed by atoms with Crippen LogP contribution in [0.25, 0.3) is 0 Å². The van der Waals surface area contributed by atoms with Crippen LogP contribution in [0, 0.1) is 0 Å². The molecular weight excluding hydrogens is 138 g/mol. The Labute approximate surface area is 68.7 Å². The van der Waals surface area contributed by atoms with Crippen molar-refractivity contribution in [1.82, 2.24) is 0 Å². The molecule has 64 valence electrons. The van der Waals surface area contributed by atoms with E-state index in [9.17, 15) is 4.79 Å². The zero-order valence-corrected chi connectivity index (χ0v) is 7.25. The lowest BCUT2D eigenvalue weighted by Crippen LogP contribution is -1.79. The molecule has 1 amide bonds. The first-order valence-electron chi connectivity index (χ1n) is 4.37. The predicted molar refractivity (Wildman–Crippen MR) is 47.9 cm³/mol. The maximum absolute atomic E-state index is 9.74. The summed E-state index contributed by atoms with van der Waals surface area (Å²) in [6.45, 7) is 2.20. The molecule has 0 aliphatic rings. The number of rotatable bonds is 7. The van der Waals surface area contributed by atoms with Crippen LogP contribution in [0.2, 0.25) is 0 Å². The highest BCUT2D eigenvalue weighted by atomic mass is 16.1. The number of unbranched alkanes of at least 4 members (excludes halogenated alkanes) is 5. The number of carbonyl (C=O) groups is 1. The summed E-state index contributed by atoms with van der Waals surface area (Å²) in [5.74, 6) is 0. The number of nitrogens with zero attached hydrogens (tertiary/aromatic N) is 1. The van der Waals surface area contributed by atoms with Crippen LogP contribution in [0.5, 0.6) is 0 Å². The fourth-order valence-electron chi connectivity index (χ4n) is 0.957. The summed E-state index contributed by atoms with van der Waals surface area (Å²) in [5, 5.41) is 0. The number of aliphatic imine (C=N–C) groups is 1. The van der Waals surface area contributed by atoms with Gasteiger partial charge in [0.05, 0.1) is 0 Å². The summed E-state index contributed by atoms with van der Waals surface area (Å²) in [6.07, 6.45) is 9.57. The van der Waals surface area contributed by atoms with Crippen molar-refractivity contribution in [3.8, 4) is 0 Å². The van der Waals surface area contributed by atoms with Crippen LogP contribution in [0.4, 0.5) is 0 Å². The topological polar surface area (TPSA) is 29.4 Å². The van der Waals surface area contributed by atoms with Crippen LogP contribution in [0.3, 0.4) is 0 Å². The quantitative estimate of drug-likeness (QED) is 0.315. The van der Waals surface area contributed by atoms with Gasteiger partial charge in [-0.1, -0.05) is 32.6 Å². The van der Waals surface area contributed by atoms with Crippen molar-refractivity contribution in [2.45, 2.75) is 45.4 Å². The van der Waals surface area contributed by atoms with Gasteiger partial charge in [-0.25, -0.2) is 4.99 Å². The number of carbonyl (C=O) groups excluding carboxylic acids is 1. The molecule has 0 aliphatic heterocycles. The lowest BCUT2D eigenvalue weighted by molar-refractivity contribution is -0.106. The normalized spacial score (nSPS) is 10.6. The van der Waals surface area contributed by atoms with E-state index in [0.29, 0.717) is 6.41 Å². The van der Waals surface area contributed by atoms with Gasteiger partial charge in [-0.15, -0.1) is 0 Å². The second kappa shape index (κ2) is 9.34. The number of hydrogen-bond acceptors (Lipinski definition) is 1. The molecule has 0 atom stereocenters. The minimum absolute atomic E-state index is 0.589. The van der Waals surface area contributed by atoms with Crippen molar-refractivity contribution < 1.29 is 4.79 Å². The smallest absolute Gasteiger partial charge is 0.232 e. The molecule has 0 N–H and O–H groups in total. The number of hydrogen-bond donors (Lipinski definition) is 0. The lowest BCUT2D eigenvalue weighted by Gasteiger charge is -1.94. The SMILES string of the molecule is CCCCCCCC=NC=O. The summed E-state index contributed by atoms with van der Waals surface area (Å²) >= 11 is 0. The molecule has 0 aromatic rings. The van der Waals surface area contributed by atoms with Crippen LogP contribution in [-0.4, -0.2) is 12.6 Å². The second-order valence-corrected chi connectivity index (χ2v) is 2.64. The van der Waals surface area contributed by atoms with Crippen molar-refractivity contribution in [2.24, 2.45) is 4.99 Å². The Bertz CT molecular complexity index is 110. The molecule has 0 heterocycles. The van der Waals surface area contributed by atoms with Gasteiger partial charge in [-0.3, -0.25) is 4.79 Å². The summed E-state index contributed by atoms with van der Waals surface area (Å²) in [5.41, 5.74) is 0. The second-order valence-electron chi connectivity index (χ2n) is 2.64. The summed E-state index contributed by atoms with van der Waals surface area (Å²) in [4.78, 5) is 13.2. The third-order valence-electron chi connectivity index (χ3n) is 1.60. The van der Waals surface area contributed by atoms with Gasteiger partial charge in [0.15, 0.2) is 0 Å². The van der Waals surface area contributed by atoms with Crippen molar-refractivity contribution in [1.29, 1.82) is 0 Å². The van der Waals surface area contributed by atoms with Crippen LogP contribution in [-0.2, 0) is 4.79 Å². The van der Waals surface area contributed by atoms with Crippen molar-refractivity contribution >= 4 is 12.6 Å². The Morgan fingerprint density at radius 1 is 1.18 bits per heavy atom. The predicted octanol–water partition coefficient (Wildman–Crippen LogP) is 2.57. The van der Waals surface area contributed by atoms with E-state index in [0.717, 1.165) is 12.8 Å². The van der Waals surface area contributed by atoms with E-state index in [1.165, 1.54) is 25.7 Å². The summed E-state index contributed by atoms with van der Waals surface area (Å²) in [7, 11) is 0. The molecule has 0 aliphatic carbocycles. The fraction of sp³-hybridized carbons (Fsp3) is 0.778. The first kappa shape index (κ1) is 10.3. The van der Waals surface area contributed by atoms with Crippen LogP contribution < -0.4 is 0 Å². The Hall–Kier alpha value is -0.660. The summed E-state index contributed by atoms with van der Waals surface area (Å²) < 4.78 is 0. The minimum Gasteiger partial charge on any atom is -0.276 e. The third-order valence-corrected chi connectivity index (χ3v) is 1.60. The molecule has 0 bridgehead atoms. The molecule has 0 saturated heterocycles. The van der Waals surface area contributed by atoms with Gasteiger partial charge < -0.3 is 0 Å². The molecule has 0 aromatic heterocycles. The Balaban J connectivity index is 2.90. The fourth-order valence-corrected chi connectivity index (χ4v) is 0.957. The van der Waals surface area contributed by atoms with E-state index in [1.807, 2.05) is 0 Å². The van der Waals surface area contributed by atoms with Crippen LogP contribution in [0.1, 0.15) is 45.4 Å². The summed E-state index contributed by atoms with van der Waals surface area (Å²) in [6, 6.07) is 0. The van der Waals surface area contributed by atoms with Gasteiger partial charge in [0.2, 0.25) is 6.41 Å². The molecule has 0 saturated carbocycles. The highest BCUT2D eigenvalue weighted by Crippen LogP contribution is 2.03. The average Bonchev–Trinajstić information content (AvgIpc) is 2.03. The molecule has 2 nitrogen and oxygen atoms in total. The zero-order chi connectivity index (χ0) is 8.36. The molecule has 0 fully saturated rings. The van der Waals surface area contributed by atoms with Crippen molar-refractivity contribution in [2.75, 3.05) is 0 Å². The van der Waals surface area contributed by atoms with E-state index >= 15 is 0 Å². The van der Waals surface area contributed by atoms with Gasteiger partial charge in [-0.2, -0.15) is 0 Å². The maximum Gasteiger partial charge on any atom is 0.232 e. The number of amides is 1. The molecule has 11 heavy (non-hydrogen) atoms. The van der Waals surface area contributed by atoms with Gasteiger partial charge >= 0.3 is 0 Å². The van der Waals surface area contributed by atoms with Gasteiger partial charge in [0.1, 0.15) is 0 Å². The molecular formula is C9H17NO. The maximum atomic E-state index is 9.74. The largest absolute Gasteiger partial charge is 0.276 e. The van der Waals surface area contributed by atoms with Crippen LogP contribution >= 0.6 is 0 Å². The molecule has 0 aromatic carbocycles. The molecule has 0 radical (unpaired) electrons. The molecule has 0 rings (SSSR count).